The topological polar surface area (TPSA) is 95.7 Å². The third-order valence-electron chi connectivity index (χ3n) is 4.96. The third kappa shape index (κ3) is 5.83. The van der Waals surface area contributed by atoms with E-state index in [-0.39, 0.29) is 17.6 Å². The Balaban J connectivity index is 1.29. The molecule has 0 fully saturated rings. The van der Waals surface area contributed by atoms with Crippen molar-refractivity contribution in [3.63, 3.8) is 0 Å². The van der Waals surface area contributed by atoms with Gasteiger partial charge in [-0.2, -0.15) is 0 Å². The monoisotopic (exact) mass is 408 g/mol. The molecule has 0 unspecified atom stereocenters. The fourth-order valence-electron chi connectivity index (χ4n) is 3.36. The zero-order chi connectivity index (χ0) is 21.3. The van der Waals surface area contributed by atoms with Gasteiger partial charge < -0.3 is 15.7 Å². The van der Waals surface area contributed by atoms with E-state index in [1.54, 1.807) is 16.5 Å². The minimum atomic E-state index is -0.127. The van der Waals surface area contributed by atoms with Gasteiger partial charge in [0.1, 0.15) is 17.1 Å². The molecule has 0 saturated carbocycles. The van der Waals surface area contributed by atoms with Gasteiger partial charge >= 0.3 is 0 Å². The summed E-state index contributed by atoms with van der Waals surface area (Å²) >= 11 is 0. The largest absolute Gasteiger partial charge is 0.508 e. The Bertz CT molecular complexity index is 995. The smallest absolute Gasteiger partial charge is 0.270 e. The first-order valence-electron chi connectivity index (χ1n) is 10.3. The van der Waals surface area contributed by atoms with Crippen LogP contribution in [-0.4, -0.2) is 39.4 Å². The van der Waals surface area contributed by atoms with Crippen LogP contribution in [0.5, 0.6) is 5.75 Å². The molecule has 2 amide bonds. The van der Waals surface area contributed by atoms with Gasteiger partial charge in [0, 0.05) is 25.7 Å². The number of rotatable bonds is 10. The molecule has 7 nitrogen and oxygen atoms in total. The highest BCUT2D eigenvalue weighted by atomic mass is 16.3. The van der Waals surface area contributed by atoms with E-state index in [0.717, 1.165) is 36.9 Å². The van der Waals surface area contributed by atoms with Gasteiger partial charge in [0.2, 0.25) is 5.91 Å². The molecule has 1 aromatic carbocycles. The average Bonchev–Trinajstić information content (AvgIpc) is 3.07. The average molecular weight is 409 g/mol. The summed E-state index contributed by atoms with van der Waals surface area (Å²) in [4.78, 5) is 28.8. The number of aromatic hydroxyl groups is 1. The van der Waals surface area contributed by atoms with Crippen LogP contribution in [-0.2, 0) is 11.2 Å². The Hall–Kier alpha value is -3.35. The van der Waals surface area contributed by atoms with Gasteiger partial charge in [-0.3, -0.25) is 14.0 Å². The number of hydrogen-bond acceptors (Lipinski definition) is 4. The molecule has 3 aromatic rings. The summed E-state index contributed by atoms with van der Waals surface area (Å²) in [6.45, 7) is 2.99. The molecule has 0 aliphatic carbocycles. The Morgan fingerprint density at radius 1 is 1.00 bits per heavy atom. The van der Waals surface area contributed by atoms with Crippen molar-refractivity contribution in [1.82, 2.24) is 20.0 Å². The number of nitrogens with one attached hydrogen (secondary N) is 2. The van der Waals surface area contributed by atoms with Crippen LogP contribution < -0.4 is 10.6 Å². The van der Waals surface area contributed by atoms with Crippen LogP contribution in [0.15, 0.2) is 48.7 Å². The summed E-state index contributed by atoms with van der Waals surface area (Å²) in [5.74, 6) is 0.157. The molecule has 0 saturated heterocycles. The molecule has 0 aliphatic rings. The fraction of sp³-hybridized carbons (Fsp3) is 0.348. The lowest BCUT2D eigenvalue weighted by Crippen LogP contribution is -2.27. The Morgan fingerprint density at radius 2 is 1.80 bits per heavy atom. The molecule has 0 aliphatic heterocycles. The van der Waals surface area contributed by atoms with Crippen LogP contribution in [0, 0.1) is 6.92 Å². The molecule has 3 rings (SSSR count). The number of carbonyl (C=O) groups is 2. The highest BCUT2D eigenvalue weighted by Crippen LogP contribution is 2.12. The lowest BCUT2D eigenvalue weighted by atomic mass is 10.1. The normalized spacial score (nSPS) is 10.8. The van der Waals surface area contributed by atoms with Crippen molar-refractivity contribution in [2.75, 3.05) is 13.1 Å². The first-order chi connectivity index (χ1) is 14.5. The van der Waals surface area contributed by atoms with E-state index < -0.39 is 0 Å². The number of imidazole rings is 1. The molecular formula is C23H28N4O3. The van der Waals surface area contributed by atoms with Gasteiger partial charge in [-0.05, 0) is 56.0 Å². The maximum atomic E-state index is 12.5. The number of pyridine rings is 1. The number of carbonyl (C=O) groups excluding carboxylic acids is 2. The van der Waals surface area contributed by atoms with Crippen LogP contribution in [0.25, 0.3) is 5.65 Å². The Morgan fingerprint density at radius 3 is 2.60 bits per heavy atom. The number of hydrogen-bond donors (Lipinski definition) is 3. The Kier molecular flexibility index (Phi) is 7.43. The first kappa shape index (κ1) is 21.4. The number of unbranched alkanes of at least 4 members (excludes halogenated alkanes) is 2. The highest BCUT2D eigenvalue weighted by Gasteiger charge is 2.15. The molecule has 0 spiro atoms. The summed E-state index contributed by atoms with van der Waals surface area (Å²) in [6.07, 6.45) is 5.54. The van der Waals surface area contributed by atoms with Crippen LogP contribution in [0.1, 0.15) is 47.4 Å². The molecule has 2 heterocycles. The van der Waals surface area contributed by atoms with Crippen molar-refractivity contribution in [1.29, 1.82) is 0 Å². The second kappa shape index (κ2) is 10.4. The van der Waals surface area contributed by atoms with E-state index in [4.69, 9.17) is 0 Å². The van der Waals surface area contributed by atoms with E-state index in [9.17, 15) is 14.7 Å². The van der Waals surface area contributed by atoms with Crippen molar-refractivity contribution in [3.05, 3.63) is 65.6 Å². The van der Waals surface area contributed by atoms with Crippen molar-refractivity contribution >= 4 is 17.5 Å². The van der Waals surface area contributed by atoms with Crippen molar-refractivity contribution in [3.8, 4) is 5.75 Å². The van der Waals surface area contributed by atoms with Crippen LogP contribution in [0.4, 0.5) is 0 Å². The van der Waals surface area contributed by atoms with Gasteiger partial charge in [-0.25, -0.2) is 4.98 Å². The molecule has 0 atom stereocenters. The second-order valence-electron chi connectivity index (χ2n) is 7.31. The quantitative estimate of drug-likeness (QED) is 0.450. The molecule has 2 aromatic heterocycles. The molecule has 0 radical (unpaired) electrons. The summed E-state index contributed by atoms with van der Waals surface area (Å²) in [5, 5.41) is 15.1. The summed E-state index contributed by atoms with van der Waals surface area (Å²) in [5.41, 5.74) is 3.11. The van der Waals surface area contributed by atoms with E-state index in [1.165, 1.54) is 0 Å². The summed E-state index contributed by atoms with van der Waals surface area (Å²) in [7, 11) is 0. The number of phenols is 1. The number of aryl methyl sites for hydroxylation is 1. The molecule has 0 bridgehead atoms. The summed E-state index contributed by atoms with van der Waals surface area (Å²) in [6, 6.07) is 12.6. The maximum Gasteiger partial charge on any atom is 0.270 e. The van der Waals surface area contributed by atoms with Crippen molar-refractivity contribution in [2.45, 2.75) is 39.0 Å². The van der Waals surface area contributed by atoms with Gasteiger partial charge in [0.25, 0.3) is 5.91 Å². The zero-order valence-corrected chi connectivity index (χ0v) is 17.2. The molecular weight excluding hydrogens is 380 g/mol. The lowest BCUT2D eigenvalue weighted by Gasteiger charge is -2.07. The number of benzene rings is 1. The van der Waals surface area contributed by atoms with Gasteiger partial charge in [0.05, 0.1) is 5.69 Å². The predicted molar refractivity (Wildman–Crippen MR) is 116 cm³/mol. The van der Waals surface area contributed by atoms with Crippen LogP contribution in [0.2, 0.25) is 0 Å². The van der Waals surface area contributed by atoms with Gasteiger partial charge in [-0.1, -0.05) is 24.6 Å². The molecule has 3 N–H and O–H groups in total. The first-order valence-corrected chi connectivity index (χ1v) is 10.3. The van der Waals surface area contributed by atoms with Gasteiger partial charge in [-0.15, -0.1) is 0 Å². The molecule has 30 heavy (non-hydrogen) atoms. The maximum absolute atomic E-state index is 12.5. The van der Waals surface area contributed by atoms with E-state index in [2.05, 4.69) is 15.6 Å². The lowest BCUT2D eigenvalue weighted by molar-refractivity contribution is -0.121. The van der Waals surface area contributed by atoms with E-state index in [1.807, 2.05) is 43.5 Å². The third-order valence-corrected chi connectivity index (χ3v) is 4.96. The van der Waals surface area contributed by atoms with E-state index >= 15 is 0 Å². The van der Waals surface area contributed by atoms with Crippen molar-refractivity contribution in [2.24, 2.45) is 0 Å². The molecule has 158 valence electrons. The number of nitrogens with zero attached hydrogens (tertiary/aromatic N) is 2. The van der Waals surface area contributed by atoms with Crippen LogP contribution >= 0.6 is 0 Å². The number of phenolic OH excluding ortho intramolecular Hbond substituents is 1. The van der Waals surface area contributed by atoms with Gasteiger partial charge in [0.15, 0.2) is 0 Å². The predicted octanol–water partition coefficient (Wildman–Crippen LogP) is 3.00. The minimum Gasteiger partial charge on any atom is -0.508 e. The highest BCUT2D eigenvalue weighted by molar-refractivity contribution is 5.94. The summed E-state index contributed by atoms with van der Waals surface area (Å²) < 4.78 is 1.80. The fourth-order valence-corrected chi connectivity index (χ4v) is 3.36. The number of fused-ring (bicyclic) bond motifs is 1. The van der Waals surface area contributed by atoms with Crippen molar-refractivity contribution < 1.29 is 14.7 Å². The Labute approximate surface area is 176 Å². The van der Waals surface area contributed by atoms with Crippen LogP contribution in [0.3, 0.4) is 0 Å². The zero-order valence-electron chi connectivity index (χ0n) is 17.2. The molecule has 7 heteroatoms. The SMILES string of the molecule is Cc1nc2ccccn2c1C(=O)NCCCCCC(=O)NCCc1ccc(O)cc1. The second-order valence-corrected chi connectivity index (χ2v) is 7.31. The standard InChI is InChI=1S/C23H28N4O3/c1-17-22(27-16-6-4-7-20(27)26-17)23(30)25-14-5-2-3-8-21(29)24-15-13-18-9-11-19(28)12-10-18/h4,6-7,9-12,16,28H,2-3,5,8,13-15H2,1H3,(H,24,29)(H,25,30). The number of aromatic nitrogens is 2. The number of amides is 2. The minimum absolute atomic E-state index is 0.0409. The van der Waals surface area contributed by atoms with E-state index in [0.29, 0.717) is 30.9 Å².